The molecule has 3 aromatic carbocycles. The molecule has 2 heterocycles. The number of aryl methyl sites for hydroxylation is 7. The van der Waals surface area contributed by atoms with E-state index < -0.39 is 13.5 Å². The van der Waals surface area contributed by atoms with Crippen molar-refractivity contribution in [1.82, 2.24) is 0 Å². The van der Waals surface area contributed by atoms with Crippen molar-refractivity contribution in [3.8, 4) is 5.75 Å². The van der Waals surface area contributed by atoms with Crippen LogP contribution in [0.25, 0.3) is 0 Å². The van der Waals surface area contributed by atoms with Crippen molar-refractivity contribution in [1.29, 1.82) is 0 Å². The predicted octanol–water partition coefficient (Wildman–Crippen LogP) is 7.91. The maximum atomic E-state index is 5.85. The number of fused-ring (bicyclic) bond motifs is 1. The summed E-state index contributed by atoms with van der Waals surface area (Å²) in [6, 6.07) is 15.3. The molecular formula is C31H38Cl2N2ORu. The summed E-state index contributed by atoms with van der Waals surface area (Å²) < 4.78 is 7.57. The van der Waals surface area contributed by atoms with Crippen LogP contribution >= 0.6 is 19.4 Å². The van der Waals surface area contributed by atoms with Crippen molar-refractivity contribution < 1.29 is 18.3 Å². The van der Waals surface area contributed by atoms with Gasteiger partial charge in [-0.2, -0.15) is 0 Å². The Labute approximate surface area is 235 Å². The molecule has 0 aromatic heterocycles. The summed E-state index contributed by atoms with van der Waals surface area (Å²) in [5, 5.41) is 0. The zero-order chi connectivity index (χ0) is 26.7. The van der Waals surface area contributed by atoms with Crippen molar-refractivity contribution in [2.75, 3.05) is 36.2 Å². The molecule has 0 N–H and O–H groups in total. The van der Waals surface area contributed by atoms with Gasteiger partial charge >= 0.3 is 96.8 Å². The SMILES string of the molecule is Cc1cc(C)c(N2CCN(c3c(C)cc(C)cc3C)C2)c(C)c1.[Cl][Ru]([Cl])=[CH]c1cccc2c1OCCC2. The summed E-state index contributed by atoms with van der Waals surface area (Å²) in [4.78, 5) is 5.06. The molecule has 6 heteroatoms. The van der Waals surface area contributed by atoms with Gasteiger partial charge in [0.15, 0.2) is 0 Å². The number of nitrogens with zero attached hydrogens (tertiary/aromatic N) is 2. The van der Waals surface area contributed by atoms with Gasteiger partial charge in [0.1, 0.15) is 0 Å². The van der Waals surface area contributed by atoms with Gasteiger partial charge in [-0.1, -0.05) is 35.4 Å². The summed E-state index contributed by atoms with van der Waals surface area (Å²) >= 11 is -1.75. The minimum atomic E-state index is -1.75. The molecule has 0 bridgehead atoms. The molecule has 3 nitrogen and oxygen atoms in total. The Morgan fingerprint density at radius 2 is 1.30 bits per heavy atom. The van der Waals surface area contributed by atoms with Crippen LogP contribution in [-0.2, 0) is 19.9 Å². The third-order valence-electron chi connectivity index (χ3n) is 7.04. The van der Waals surface area contributed by atoms with Crippen LogP contribution in [0.2, 0.25) is 0 Å². The molecule has 37 heavy (non-hydrogen) atoms. The number of para-hydroxylation sites is 1. The van der Waals surface area contributed by atoms with Gasteiger partial charge in [0.05, 0.1) is 6.67 Å². The van der Waals surface area contributed by atoms with Crippen LogP contribution in [0.3, 0.4) is 0 Å². The molecule has 0 unspecified atom stereocenters. The van der Waals surface area contributed by atoms with E-state index >= 15 is 0 Å². The van der Waals surface area contributed by atoms with Crippen molar-refractivity contribution in [2.45, 2.75) is 54.4 Å². The van der Waals surface area contributed by atoms with E-state index in [0.717, 1.165) is 50.5 Å². The molecule has 3 aromatic rings. The number of hydrogen-bond donors (Lipinski definition) is 0. The quantitative estimate of drug-likeness (QED) is 0.275. The minimum absolute atomic E-state index is 0.801. The Hall–Kier alpha value is -1.87. The fourth-order valence-corrected chi connectivity index (χ4v) is 7.66. The number of benzene rings is 3. The molecule has 2 aliphatic heterocycles. The first-order chi connectivity index (χ1) is 17.6. The standard InChI is InChI=1S/C21H28N2.C10H10O.2ClH.Ru/c1-14-9-16(3)20(17(4)10-14)22-7-8-23(13-22)21-18(5)11-15(2)12-19(21)6;1-8-4-2-5-9-6-3-7-11-10(8)9;;;/h9-12H,7-8,13H2,1-6H3;1-2,4-5H,3,6-7H2;2*1H;/q;;;;+2/p-2. The van der Waals surface area contributed by atoms with E-state index in [9.17, 15) is 0 Å². The summed E-state index contributed by atoms with van der Waals surface area (Å²) in [7, 11) is 11.7. The van der Waals surface area contributed by atoms with Crippen LogP contribution in [0.5, 0.6) is 5.75 Å². The molecule has 200 valence electrons. The third kappa shape index (κ3) is 6.77. The predicted molar refractivity (Wildman–Crippen MR) is 158 cm³/mol. The molecule has 5 rings (SSSR count). The topological polar surface area (TPSA) is 15.7 Å². The van der Waals surface area contributed by atoms with Crippen LogP contribution in [0.15, 0.2) is 42.5 Å². The number of rotatable bonds is 3. The molecule has 1 saturated heterocycles. The average Bonchev–Trinajstić information content (AvgIpc) is 3.27. The van der Waals surface area contributed by atoms with Crippen molar-refractivity contribution in [2.24, 2.45) is 0 Å². The van der Waals surface area contributed by atoms with E-state index in [-0.39, 0.29) is 0 Å². The van der Waals surface area contributed by atoms with Crippen molar-refractivity contribution in [3.63, 3.8) is 0 Å². The Morgan fingerprint density at radius 1 is 0.784 bits per heavy atom. The van der Waals surface area contributed by atoms with Crippen LogP contribution < -0.4 is 14.5 Å². The van der Waals surface area contributed by atoms with E-state index in [1.54, 1.807) is 0 Å². The molecule has 1 fully saturated rings. The molecule has 0 atom stereocenters. The van der Waals surface area contributed by atoms with Crippen LogP contribution in [0, 0.1) is 41.5 Å². The zero-order valence-electron chi connectivity index (χ0n) is 22.8. The van der Waals surface area contributed by atoms with Crippen LogP contribution in [-0.4, -0.2) is 31.0 Å². The molecule has 0 radical (unpaired) electrons. The Bertz CT molecular complexity index is 1210. The maximum absolute atomic E-state index is 5.85. The summed E-state index contributed by atoms with van der Waals surface area (Å²) in [5.74, 6) is 0.985. The molecule has 0 amide bonds. The summed E-state index contributed by atoms with van der Waals surface area (Å²) in [6.07, 6.45) is 2.19. The molecule has 0 aliphatic carbocycles. The van der Waals surface area contributed by atoms with Crippen LogP contribution in [0.4, 0.5) is 11.4 Å². The van der Waals surface area contributed by atoms with Gasteiger partial charge in [-0.3, -0.25) is 0 Å². The molecule has 2 aliphatic rings. The number of ether oxygens (including phenoxy) is 1. The van der Waals surface area contributed by atoms with E-state index in [1.165, 1.54) is 50.3 Å². The first kappa shape index (κ1) is 28.1. The van der Waals surface area contributed by atoms with Crippen LogP contribution in [0.1, 0.15) is 50.9 Å². The summed E-state index contributed by atoms with van der Waals surface area (Å²) in [6.45, 7) is 17.3. The van der Waals surface area contributed by atoms with E-state index in [0.29, 0.717) is 0 Å². The number of halogens is 2. The van der Waals surface area contributed by atoms with Crippen molar-refractivity contribution in [3.05, 3.63) is 87.0 Å². The van der Waals surface area contributed by atoms with E-state index in [4.69, 9.17) is 24.1 Å². The fourth-order valence-electron chi connectivity index (χ4n) is 5.87. The monoisotopic (exact) mass is 626 g/mol. The summed E-state index contributed by atoms with van der Waals surface area (Å²) in [5.41, 5.74) is 13.4. The Balaban J connectivity index is 0.000000195. The second-order valence-electron chi connectivity index (χ2n) is 10.3. The fraction of sp³-hybridized carbons (Fsp3) is 0.387. The first-order valence-electron chi connectivity index (χ1n) is 12.9. The average molecular weight is 627 g/mol. The second-order valence-corrected chi connectivity index (χ2v) is 16.0. The van der Waals surface area contributed by atoms with Crippen molar-refractivity contribution >= 4 is 35.4 Å². The zero-order valence-corrected chi connectivity index (χ0v) is 26.0. The van der Waals surface area contributed by atoms with Gasteiger partial charge in [0.25, 0.3) is 0 Å². The Kier molecular flexibility index (Phi) is 9.38. The molecular weight excluding hydrogens is 588 g/mol. The normalized spacial score (nSPS) is 15.0. The third-order valence-corrected chi connectivity index (χ3v) is 8.87. The van der Waals surface area contributed by atoms with Gasteiger partial charge in [-0.15, -0.1) is 0 Å². The Morgan fingerprint density at radius 3 is 1.78 bits per heavy atom. The first-order valence-corrected chi connectivity index (χ1v) is 18.4. The van der Waals surface area contributed by atoms with Gasteiger partial charge < -0.3 is 9.80 Å². The van der Waals surface area contributed by atoms with Gasteiger partial charge in [-0.25, -0.2) is 0 Å². The van der Waals surface area contributed by atoms with Gasteiger partial charge in [-0.05, 0) is 63.8 Å². The number of hydrogen-bond acceptors (Lipinski definition) is 3. The van der Waals surface area contributed by atoms with E-state index in [2.05, 4.69) is 81.7 Å². The van der Waals surface area contributed by atoms with Gasteiger partial charge in [0, 0.05) is 24.5 Å². The number of anilines is 2. The second kappa shape index (κ2) is 12.3. The van der Waals surface area contributed by atoms with Gasteiger partial charge in [0.2, 0.25) is 0 Å². The van der Waals surface area contributed by atoms with E-state index in [1.807, 2.05) is 16.7 Å². The molecule has 0 saturated carbocycles. The molecule has 0 spiro atoms.